The lowest BCUT2D eigenvalue weighted by atomic mass is 9.99. The minimum absolute atomic E-state index is 0.171. The molecule has 1 heterocycles. The minimum Gasteiger partial charge on any atom is -0.481 e. The summed E-state index contributed by atoms with van der Waals surface area (Å²) in [6.07, 6.45) is 2.37. The first kappa shape index (κ1) is 15.8. The number of ether oxygens (including phenoxy) is 1. The lowest BCUT2D eigenvalue weighted by Crippen LogP contribution is -2.47. The topological polar surface area (TPSA) is 78.9 Å². The molecule has 1 unspecified atom stereocenters. The van der Waals surface area contributed by atoms with Crippen LogP contribution in [-0.4, -0.2) is 54.4 Å². The normalized spacial score (nSPS) is 19.5. The van der Waals surface area contributed by atoms with Gasteiger partial charge >= 0.3 is 12.0 Å². The zero-order valence-electron chi connectivity index (χ0n) is 11.7. The number of carboxylic acids is 1. The molecule has 0 spiro atoms. The van der Waals surface area contributed by atoms with Gasteiger partial charge in [-0.3, -0.25) is 4.79 Å². The van der Waals surface area contributed by atoms with E-state index >= 15 is 0 Å². The number of carbonyl (C=O) groups excluding carboxylic acids is 1. The van der Waals surface area contributed by atoms with Crippen molar-refractivity contribution in [2.75, 3.05) is 26.2 Å². The van der Waals surface area contributed by atoms with Gasteiger partial charge in [0, 0.05) is 26.2 Å². The molecule has 1 rings (SSSR count). The maximum atomic E-state index is 11.8. The monoisotopic (exact) mass is 272 g/mol. The van der Waals surface area contributed by atoms with Crippen molar-refractivity contribution >= 4 is 12.0 Å². The first-order valence-corrected chi connectivity index (χ1v) is 6.88. The molecular weight excluding hydrogens is 248 g/mol. The van der Waals surface area contributed by atoms with Gasteiger partial charge in [-0.15, -0.1) is 0 Å². The number of aliphatic carboxylic acids is 1. The maximum absolute atomic E-state index is 11.8. The molecule has 2 N–H and O–H groups in total. The molecule has 0 aromatic rings. The lowest BCUT2D eigenvalue weighted by Gasteiger charge is -2.30. The van der Waals surface area contributed by atoms with E-state index in [1.165, 1.54) is 0 Å². The van der Waals surface area contributed by atoms with Gasteiger partial charge in [0.25, 0.3) is 0 Å². The second-order valence-electron chi connectivity index (χ2n) is 5.13. The maximum Gasteiger partial charge on any atom is 0.317 e. The van der Waals surface area contributed by atoms with E-state index in [1.54, 1.807) is 4.90 Å². The van der Waals surface area contributed by atoms with Crippen molar-refractivity contribution < 1.29 is 19.4 Å². The van der Waals surface area contributed by atoms with Crippen LogP contribution >= 0.6 is 0 Å². The summed E-state index contributed by atoms with van der Waals surface area (Å²) < 4.78 is 5.38. The number of carbonyl (C=O) groups is 2. The van der Waals surface area contributed by atoms with E-state index in [4.69, 9.17) is 9.84 Å². The van der Waals surface area contributed by atoms with Crippen LogP contribution in [0.5, 0.6) is 0 Å². The van der Waals surface area contributed by atoms with Crippen molar-refractivity contribution in [2.24, 2.45) is 5.92 Å². The number of urea groups is 1. The van der Waals surface area contributed by atoms with Crippen LogP contribution in [0.2, 0.25) is 0 Å². The van der Waals surface area contributed by atoms with Gasteiger partial charge in [0.05, 0.1) is 12.0 Å². The molecule has 1 aliphatic heterocycles. The Morgan fingerprint density at radius 1 is 1.47 bits per heavy atom. The molecule has 19 heavy (non-hydrogen) atoms. The second kappa shape index (κ2) is 7.99. The predicted octanol–water partition coefficient (Wildman–Crippen LogP) is 1.31. The third-order valence-corrected chi connectivity index (χ3v) is 3.11. The molecule has 1 fully saturated rings. The van der Waals surface area contributed by atoms with E-state index in [2.05, 4.69) is 5.32 Å². The summed E-state index contributed by atoms with van der Waals surface area (Å²) in [6, 6.07) is -0.171. The van der Waals surface area contributed by atoms with Crippen LogP contribution in [0.15, 0.2) is 0 Å². The van der Waals surface area contributed by atoms with Gasteiger partial charge in [-0.25, -0.2) is 4.79 Å². The first-order chi connectivity index (χ1) is 9.00. The number of nitrogens with one attached hydrogen (secondary N) is 1. The Bertz CT molecular complexity index is 307. The molecule has 110 valence electrons. The van der Waals surface area contributed by atoms with E-state index in [9.17, 15) is 9.59 Å². The van der Waals surface area contributed by atoms with Crippen LogP contribution in [0.4, 0.5) is 4.79 Å². The quantitative estimate of drug-likeness (QED) is 0.714. The summed E-state index contributed by atoms with van der Waals surface area (Å²) in [5.41, 5.74) is 0. The highest BCUT2D eigenvalue weighted by molar-refractivity contribution is 5.76. The third-order valence-electron chi connectivity index (χ3n) is 3.11. The highest BCUT2D eigenvalue weighted by atomic mass is 16.5. The van der Waals surface area contributed by atoms with Gasteiger partial charge in [-0.1, -0.05) is 0 Å². The molecule has 0 bridgehead atoms. The standard InChI is InChI=1S/C13H24N2O4/c1-10(2)19-8-4-6-14-13(18)15-7-3-5-11(9-15)12(16)17/h10-11H,3-9H2,1-2H3,(H,14,18)(H,16,17). The highest BCUT2D eigenvalue weighted by Gasteiger charge is 2.27. The number of piperidine rings is 1. The Balaban J connectivity index is 2.20. The molecule has 0 saturated carbocycles. The van der Waals surface area contributed by atoms with Crippen molar-refractivity contribution in [3.63, 3.8) is 0 Å². The number of rotatable bonds is 6. The van der Waals surface area contributed by atoms with Crippen LogP contribution < -0.4 is 5.32 Å². The Kier molecular flexibility index (Phi) is 6.62. The summed E-state index contributed by atoms with van der Waals surface area (Å²) in [4.78, 5) is 24.3. The molecule has 6 heteroatoms. The average molecular weight is 272 g/mol. The molecular formula is C13H24N2O4. The number of hydrogen-bond acceptors (Lipinski definition) is 3. The fourth-order valence-corrected chi connectivity index (χ4v) is 2.06. The molecule has 6 nitrogen and oxygen atoms in total. The summed E-state index contributed by atoms with van der Waals surface area (Å²) in [7, 11) is 0. The highest BCUT2D eigenvalue weighted by Crippen LogP contribution is 2.16. The second-order valence-corrected chi connectivity index (χ2v) is 5.13. The van der Waals surface area contributed by atoms with E-state index in [-0.39, 0.29) is 12.1 Å². The van der Waals surface area contributed by atoms with Crippen molar-refractivity contribution in [2.45, 2.75) is 39.2 Å². The zero-order chi connectivity index (χ0) is 14.3. The van der Waals surface area contributed by atoms with E-state index in [0.717, 1.165) is 12.8 Å². The number of carboxylic acid groups (broad SMARTS) is 1. The lowest BCUT2D eigenvalue weighted by molar-refractivity contribution is -0.143. The first-order valence-electron chi connectivity index (χ1n) is 6.88. The van der Waals surface area contributed by atoms with Gasteiger partial charge in [-0.05, 0) is 33.1 Å². The average Bonchev–Trinajstić information content (AvgIpc) is 2.37. The van der Waals surface area contributed by atoms with Crippen molar-refractivity contribution in [3.8, 4) is 0 Å². The molecule has 2 amide bonds. The van der Waals surface area contributed by atoms with Crippen molar-refractivity contribution in [1.29, 1.82) is 0 Å². The molecule has 1 aliphatic rings. The smallest absolute Gasteiger partial charge is 0.317 e. The molecule has 0 aliphatic carbocycles. The van der Waals surface area contributed by atoms with Crippen LogP contribution in [0.3, 0.4) is 0 Å². The van der Waals surface area contributed by atoms with Gasteiger partial charge in [0.2, 0.25) is 0 Å². The summed E-state index contributed by atoms with van der Waals surface area (Å²) >= 11 is 0. The Hall–Kier alpha value is -1.30. The molecule has 0 radical (unpaired) electrons. The number of hydrogen-bond donors (Lipinski definition) is 2. The van der Waals surface area contributed by atoms with Crippen LogP contribution in [0.1, 0.15) is 33.1 Å². The SMILES string of the molecule is CC(C)OCCCNC(=O)N1CCCC(C(=O)O)C1. The van der Waals surface area contributed by atoms with Crippen LogP contribution in [0, 0.1) is 5.92 Å². The minimum atomic E-state index is -0.817. The Labute approximate surface area is 114 Å². The van der Waals surface area contributed by atoms with Crippen LogP contribution in [0.25, 0.3) is 0 Å². The zero-order valence-corrected chi connectivity index (χ0v) is 11.7. The third kappa shape index (κ3) is 5.92. The van der Waals surface area contributed by atoms with Gasteiger partial charge in [0.15, 0.2) is 0 Å². The van der Waals surface area contributed by atoms with E-state index in [0.29, 0.717) is 32.7 Å². The van der Waals surface area contributed by atoms with Gasteiger partial charge in [0.1, 0.15) is 0 Å². The predicted molar refractivity (Wildman–Crippen MR) is 71.0 cm³/mol. The summed E-state index contributed by atoms with van der Waals surface area (Å²) in [6.45, 7) is 6.06. The largest absolute Gasteiger partial charge is 0.481 e. The fraction of sp³-hybridized carbons (Fsp3) is 0.846. The fourth-order valence-electron chi connectivity index (χ4n) is 2.06. The van der Waals surface area contributed by atoms with E-state index < -0.39 is 11.9 Å². The van der Waals surface area contributed by atoms with Crippen molar-refractivity contribution in [3.05, 3.63) is 0 Å². The number of nitrogens with zero attached hydrogens (tertiary/aromatic N) is 1. The van der Waals surface area contributed by atoms with Crippen molar-refractivity contribution in [1.82, 2.24) is 10.2 Å². The Morgan fingerprint density at radius 2 is 2.21 bits per heavy atom. The van der Waals surface area contributed by atoms with Gasteiger partial charge < -0.3 is 20.1 Å². The van der Waals surface area contributed by atoms with Crippen LogP contribution in [-0.2, 0) is 9.53 Å². The number of amides is 2. The molecule has 1 saturated heterocycles. The Morgan fingerprint density at radius 3 is 2.84 bits per heavy atom. The number of likely N-dealkylation sites (tertiary alicyclic amines) is 1. The summed E-state index contributed by atoms with van der Waals surface area (Å²) in [5, 5.41) is 11.8. The molecule has 0 aromatic carbocycles. The molecule has 0 aromatic heterocycles. The summed E-state index contributed by atoms with van der Waals surface area (Å²) in [5.74, 6) is -1.24. The molecule has 1 atom stereocenters. The van der Waals surface area contributed by atoms with E-state index in [1.807, 2.05) is 13.8 Å². The van der Waals surface area contributed by atoms with Gasteiger partial charge in [-0.2, -0.15) is 0 Å².